The Morgan fingerprint density at radius 3 is 2.78 bits per heavy atom. The number of rotatable bonds is 7. The number of amides is 1. The largest absolute Gasteiger partial charge is 0.487 e. The Morgan fingerprint density at radius 1 is 1.16 bits per heavy atom. The molecule has 194 valence electrons. The van der Waals surface area contributed by atoms with Crippen LogP contribution in [0.2, 0.25) is 5.02 Å². The van der Waals surface area contributed by atoms with Gasteiger partial charge in [0.1, 0.15) is 17.4 Å². The Labute approximate surface area is 249 Å². The normalized spacial score (nSPS) is 16.1. The van der Waals surface area contributed by atoms with Gasteiger partial charge < -0.3 is 10.1 Å². The number of nitrogens with zero attached hydrogens (tertiary/aromatic N) is 1. The number of ether oxygens (including phenoxy) is 1. The fraction of sp³-hybridized carbons (Fsp3) is 0.379. The van der Waals surface area contributed by atoms with Crippen LogP contribution in [0.25, 0.3) is 0 Å². The van der Waals surface area contributed by atoms with Crippen LogP contribution in [0.3, 0.4) is 0 Å². The van der Waals surface area contributed by atoms with E-state index in [1.807, 2.05) is 42.6 Å². The number of hydrogen-bond donors (Lipinski definition) is 1. The van der Waals surface area contributed by atoms with Gasteiger partial charge in [0.2, 0.25) is 0 Å². The van der Waals surface area contributed by atoms with Crippen LogP contribution in [-0.2, 0) is 19.4 Å². The molecular formula is C29H29BrClIN2O2S. The number of aryl methyl sites for hydroxylation is 1. The molecule has 3 aromatic rings. The molecule has 0 unspecified atom stereocenters. The maximum atomic E-state index is 13.5. The van der Waals surface area contributed by atoms with E-state index in [0.717, 1.165) is 67.6 Å². The van der Waals surface area contributed by atoms with Gasteiger partial charge in [0, 0.05) is 32.2 Å². The Bertz CT molecular complexity index is 1320. The van der Waals surface area contributed by atoms with Crippen molar-refractivity contribution in [2.75, 3.05) is 0 Å². The molecule has 1 N–H and O–H groups in total. The van der Waals surface area contributed by atoms with Gasteiger partial charge in [0.15, 0.2) is 0 Å². The Balaban J connectivity index is 1.44. The second kappa shape index (κ2) is 12.6. The molecule has 1 heterocycles. The Hall–Kier alpha value is -1.42. The van der Waals surface area contributed by atoms with Crippen LogP contribution in [0.4, 0.5) is 5.00 Å². The van der Waals surface area contributed by atoms with Gasteiger partial charge >= 0.3 is 0 Å². The fourth-order valence-electron chi connectivity index (χ4n) is 5.12. The van der Waals surface area contributed by atoms with Crippen LogP contribution in [-0.4, -0.2) is 18.2 Å². The number of hydrogen-bond acceptors (Lipinski definition) is 4. The lowest BCUT2D eigenvalue weighted by Crippen LogP contribution is -2.36. The summed E-state index contributed by atoms with van der Waals surface area (Å²) in [6.45, 7) is 0.404. The number of nitrogens with one attached hydrogen (secondary N) is 1. The molecule has 5 rings (SSSR count). The third-order valence-corrected chi connectivity index (χ3v) is 9.64. The van der Waals surface area contributed by atoms with Crippen LogP contribution in [0.15, 0.2) is 45.9 Å². The highest BCUT2D eigenvalue weighted by Crippen LogP contribution is 2.40. The van der Waals surface area contributed by atoms with Crippen molar-refractivity contribution in [3.8, 4) is 5.75 Å². The molecule has 1 amide bonds. The second-order valence-corrected chi connectivity index (χ2v) is 13.3. The lowest BCUT2D eigenvalue weighted by atomic mass is 9.93. The van der Waals surface area contributed by atoms with E-state index in [4.69, 9.17) is 21.3 Å². The quantitative estimate of drug-likeness (QED) is 0.197. The molecule has 0 spiro atoms. The number of carbonyl (C=O) groups is 1. The zero-order valence-electron chi connectivity index (χ0n) is 20.5. The van der Waals surface area contributed by atoms with Gasteiger partial charge in [-0.25, -0.2) is 4.99 Å². The SMILES string of the molecule is O=C(NC1CCCCC1)c1c(N=Cc2cc(Br)cc(I)c2OCc2cccc(Cl)c2)sc2c1CCCC2. The van der Waals surface area contributed by atoms with Crippen LogP contribution in [0, 0.1) is 3.57 Å². The highest BCUT2D eigenvalue weighted by Gasteiger charge is 2.27. The Kier molecular flexibility index (Phi) is 9.27. The monoisotopic (exact) mass is 710 g/mol. The first-order chi connectivity index (χ1) is 18.0. The molecule has 1 saturated carbocycles. The average molecular weight is 712 g/mol. The average Bonchev–Trinajstić information content (AvgIpc) is 3.26. The van der Waals surface area contributed by atoms with E-state index >= 15 is 0 Å². The topological polar surface area (TPSA) is 50.7 Å². The van der Waals surface area contributed by atoms with Crippen molar-refractivity contribution < 1.29 is 9.53 Å². The second-order valence-electron chi connectivity index (χ2n) is 9.68. The first kappa shape index (κ1) is 27.2. The third-order valence-electron chi connectivity index (χ3n) is 6.95. The number of thiophene rings is 1. The molecule has 37 heavy (non-hydrogen) atoms. The van der Waals surface area contributed by atoms with Crippen molar-refractivity contribution >= 4 is 78.6 Å². The minimum atomic E-state index is 0.0414. The molecule has 2 aromatic carbocycles. The number of aliphatic imine (C=N–C) groups is 1. The van der Waals surface area contributed by atoms with Crippen LogP contribution >= 0.6 is 61.5 Å². The Morgan fingerprint density at radius 2 is 1.97 bits per heavy atom. The van der Waals surface area contributed by atoms with Gasteiger partial charge in [-0.3, -0.25) is 4.79 Å². The first-order valence-electron chi connectivity index (χ1n) is 12.8. The fourth-order valence-corrected chi connectivity index (χ4v) is 8.27. The summed E-state index contributed by atoms with van der Waals surface area (Å²) in [5, 5.41) is 4.82. The van der Waals surface area contributed by atoms with Crippen molar-refractivity contribution in [1.82, 2.24) is 5.32 Å². The minimum absolute atomic E-state index is 0.0414. The molecule has 2 aliphatic carbocycles. The zero-order chi connectivity index (χ0) is 25.8. The summed E-state index contributed by atoms with van der Waals surface area (Å²) < 4.78 is 8.19. The summed E-state index contributed by atoms with van der Waals surface area (Å²) in [5.41, 5.74) is 3.86. The lowest BCUT2D eigenvalue weighted by molar-refractivity contribution is 0.0927. The molecule has 0 aliphatic heterocycles. The van der Waals surface area contributed by atoms with Crippen molar-refractivity contribution in [2.24, 2.45) is 4.99 Å². The molecule has 0 saturated heterocycles. The van der Waals surface area contributed by atoms with Crippen molar-refractivity contribution in [3.05, 3.63) is 76.6 Å². The molecule has 0 bridgehead atoms. The molecule has 2 aliphatic rings. The molecule has 1 fully saturated rings. The molecular weight excluding hydrogens is 683 g/mol. The number of carbonyl (C=O) groups excluding carboxylic acids is 1. The molecule has 1 aromatic heterocycles. The van der Waals surface area contributed by atoms with Crippen molar-refractivity contribution in [1.29, 1.82) is 0 Å². The third kappa shape index (κ3) is 6.78. The van der Waals surface area contributed by atoms with Crippen molar-refractivity contribution in [2.45, 2.75) is 70.4 Å². The van der Waals surface area contributed by atoms with E-state index in [9.17, 15) is 4.79 Å². The van der Waals surface area contributed by atoms with Gasteiger partial charge in [0.05, 0.1) is 9.13 Å². The van der Waals surface area contributed by atoms with Gasteiger partial charge in [-0.2, -0.15) is 0 Å². The smallest absolute Gasteiger partial charge is 0.254 e. The molecule has 0 radical (unpaired) electrons. The van der Waals surface area contributed by atoms with E-state index in [1.165, 1.54) is 36.1 Å². The number of fused-ring (bicyclic) bond motifs is 1. The van der Waals surface area contributed by atoms with Gasteiger partial charge in [-0.1, -0.05) is 58.9 Å². The maximum absolute atomic E-state index is 13.5. The maximum Gasteiger partial charge on any atom is 0.254 e. The predicted molar refractivity (Wildman–Crippen MR) is 165 cm³/mol. The van der Waals surface area contributed by atoms with Gasteiger partial charge in [0.25, 0.3) is 5.91 Å². The van der Waals surface area contributed by atoms with Gasteiger partial charge in [-0.05, 0) is 96.5 Å². The molecule has 0 atom stereocenters. The van der Waals surface area contributed by atoms with E-state index in [-0.39, 0.29) is 11.9 Å². The summed E-state index contributed by atoms with van der Waals surface area (Å²) in [4.78, 5) is 19.7. The van der Waals surface area contributed by atoms with Crippen LogP contribution in [0.1, 0.15) is 76.9 Å². The van der Waals surface area contributed by atoms with E-state index < -0.39 is 0 Å². The van der Waals surface area contributed by atoms with E-state index in [2.05, 4.69) is 43.8 Å². The molecule has 8 heteroatoms. The summed E-state index contributed by atoms with van der Waals surface area (Å²) >= 11 is 13.7. The van der Waals surface area contributed by atoms with Crippen LogP contribution < -0.4 is 10.1 Å². The van der Waals surface area contributed by atoms with E-state index in [1.54, 1.807) is 11.3 Å². The molecule has 4 nitrogen and oxygen atoms in total. The first-order valence-corrected chi connectivity index (χ1v) is 15.9. The number of benzene rings is 2. The van der Waals surface area contributed by atoms with Crippen LogP contribution in [0.5, 0.6) is 5.75 Å². The van der Waals surface area contributed by atoms with Crippen molar-refractivity contribution in [3.63, 3.8) is 0 Å². The lowest BCUT2D eigenvalue weighted by Gasteiger charge is -2.23. The standard InChI is InChI=1S/C29H29BrClIN2O2S/c30-20-14-19(27(24(32)15-20)36-17-18-7-6-8-21(31)13-18)16-33-29-26(23-11-4-5-12-25(23)37-29)28(35)34-22-9-2-1-3-10-22/h6-8,13-16,22H,1-5,9-12,17H2,(H,34,35). The van der Waals surface area contributed by atoms with E-state index in [0.29, 0.717) is 11.6 Å². The number of halogens is 3. The van der Waals surface area contributed by atoms with Gasteiger partial charge in [-0.15, -0.1) is 11.3 Å². The summed E-state index contributed by atoms with van der Waals surface area (Å²) in [7, 11) is 0. The summed E-state index contributed by atoms with van der Waals surface area (Å²) in [6, 6.07) is 12.0. The summed E-state index contributed by atoms with van der Waals surface area (Å²) in [6.07, 6.45) is 11.9. The zero-order valence-corrected chi connectivity index (χ0v) is 25.8. The highest BCUT2D eigenvalue weighted by atomic mass is 127. The highest BCUT2D eigenvalue weighted by molar-refractivity contribution is 14.1. The summed E-state index contributed by atoms with van der Waals surface area (Å²) in [5.74, 6) is 0.807. The minimum Gasteiger partial charge on any atom is -0.487 e. The predicted octanol–water partition coefficient (Wildman–Crippen LogP) is 9.04.